The SMILES string of the molecule is CCCc1ccc(OCCNC(=O)/C(=C/c2ccco2)NC(=O)c2ccc(OC)c(OC)c2)cc1. The van der Waals surface area contributed by atoms with Gasteiger partial charge in [0, 0.05) is 11.6 Å². The van der Waals surface area contributed by atoms with E-state index in [1.807, 2.05) is 24.3 Å². The molecule has 184 valence electrons. The van der Waals surface area contributed by atoms with E-state index in [0.717, 1.165) is 18.6 Å². The van der Waals surface area contributed by atoms with Crippen LogP contribution in [0.3, 0.4) is 0 Å². The Bertz CT molecular complexity index is 1140. The standard InChI is InChI=1S/C27H30N2O6/c1-4-6-19-8-11-21(12-9-19)35-16-14-28-27(31)23(18-22-7-5-15-34-22)29-26(30)20-10-13-24(32-2)25(17-20)33-3/h5,7-13,15,17-18H,4,6,14,16H2,1-3H3,(H,28,31)(H,29,30)/b23-18-. The predicted molar refractivity (Wildman–Crippen MR) is 133 cm³/mol. The maximum Gasteiger partial charge on any atom is 0.268 e. The predicted octanol–water partition coefficient (Wildman–Crippen LogP) is 4.22. The number of furan rings is 1. The van der Waals surface area contributed by atoms with E-state index in [4.69, 9.17) is 18.6 Å². The molecule has 1 heterocycles. The molecule has 2 aromatic carbocycles. The van der Waals surface area contributed by atoms with Gasteiger partial charge in [0.15, 0.2) is 11.5 Å². The molecule has 0 saturated heterocycles. The van der Waals surface area contributed by atoms with E-state index >= 15 is 0 Å². The third-order valence-corrected chi connectivity index (χ3v) is 5.09. The Balaban J connectivity index is 1.62. The first-order chi connectivity index (χ1) is 17.0. The summed E-state index contributed by atoms with van der Waals surface area (Å²) in [7, 11) is 2.99. The van der Waals surface area contributed by atoms with Crippen molar-refractivity contribution in [2.24, 2.45) is 0 Å². The molecule has 2 amide bonds. The normalized spacial score (nSPS) is 11.0. The summed E-state index contributed by atoms with van der Waals surface area (Å²) in [5, 5.41) is 5.41. The van der Waals surface area contributed by atoms with Crippen molar-refractivity contribution in [3.05, 3.63) is 83.4 Å². The lowest BCUT2D eigenvalue weighted by Crippen LogP contribution is -2.36. The van der Waals surface area contributed by atoms with Crippen molar-refractivity contribution < 1.29 is 28.2 Å². The first-order valence-corrected chi connectivity index (χ1v) is 11.3. The monoisotopic (exact) mass is 478 g/mol. The fourth-order valence-corrected chi connectivity index (χ4v) is 3.32. The minimum Gasteiger partial charge on any atom is -0.493 e. The Morgan fingerprint density at radius 1 is 1.00 bits per heavy atom. The van der Waals surface area contributed by atoms with Crippen molar-refractivity contribution >= 4 is 17.9 Å². The summed E-state index contributed by atoms with van der Waals surface area (Å²) in [6.45, 7) is 2.66. The largest absolute Gasteiger partial charge is 0.493 e. The molecule has 0 saturated carbocycles. The van der Waals surface area contributed by atoms with Crippen molar-refractivity contribution in [3.63, 3.8) is 0 Å². The molecule has 8 nitrogen and oxygen atoms in total. The molecule has 0 spiro atoms. The number of ether oxygens (including phenoxy) is 3. The summed E-state index contributed by atoms with van der Waals surface area (Å²) < 4.78 is 21.5. The van der Waals surface area contributed by atoms with Gasteiger partial charge in [-0.15, -0.1) is 0 Å². The van der Waals surface area contributed by atoms with Gasteiger partial charge in [0.2, 0.25) is 0 Å². The Morgan fingerprint density at radius 2 is 1.77 bits per heavy atom. The average molecular weight is 479 g/mol. The quantitative estimate of drug-likeness (QED) is 0.299. The van der Waals surface area contributed by atoms with Crippen molar-refractivity contribution in [1.29, 1.82) is 0 Å². The number of methoxy groups -OCH3 is 2. The van der Waals surface area contributed by atoms with E-state index in [-0.39, 0.29) is 18.8 Å². The van der Waals surface area contributed by atoms with Crippen molar-refractivity contribution in [3.8, 4) is 17.2 Å². The molecule has 0 radical (unpaired) electrons. The van der Waals surface area contributed by atoms with Crippen LogP contribution < -0.4 is 24.8 Å². The second-order valence-electron chi connectivity index (χ2n) is 7.60. The van der Waals surface area contributed by atoms with Crippen LogP contribution in [0.4, 0.5) is 0 Å². The summed E-state index contributed by atoms with van der Waals surface area (Å²) in [4.78, 5) is 25.7. The van der Waals surface area contributed by atoms with Crippen molar-refractivity contribution in [1.82, 2.24) is 10.6 Å². The summed E-state index contributed by atoms with van der Waals surface area (Å²) in [6.07, 6.45) is 5.05. The Labute approximate surface area is 204 Å². The van der Waals surface area contributed by atoms with Gasteiger partial charge in [0.05, 0.1) is 27.0 Å². The summed E-state index contributed by atoms with van der Waals surface area (Å²) in [6, 6.07) is 16.0. The number of carbonyl (C=O) groups is 2. The molecule has 3 rings (SSSR count). The maximum atomic E-state index is 12.9. The topological polar surface area (TPSA) is 99.0 Å². The number of benzene rings is 2. The van der Waals surface area contributed by atoms with E-state index in [9.17, 15) is 9.59 Å². The third kappa shape index (κ3) is 7.40. The molecule has 0 unspecified atom stereocenters. The molecule has 0 aliphatic carbocycles. The van der Waals surface area contributed by atoms with Crippen LogP contribution in [0.2, 0.25) is 0 Å². The van der Waals surface area contributed by atoms with Crippen LogP contribution in [0.5, 0.6) is 17.2 Å². The molecule has 0 fully saturated rings. The first-order valence-electron chi connectivity index (χ1n) is 11.3. The molecule has 35 heavy (non-hydrogen) atoms. The second-order valence-corrected chi connectivity index (χ2v) is 7.60. The highest BCUT2D eigenvalue weighted by Crippen LogP contribution is 2.27. The van der Waals surface area contributed by atoms with Gasteiger partial charge in [-0.05, 0) is 54.4 Å². The third-order valence-electron chi connectivity index (χ3n) is 5.09. The fraction of sp³-hybridized carbons (Fsp3) is 0.259. The maximum absolute atomic E-state index is 12.9. The van der Waals surface area contributed by atoms with E-state index in [1.54, 1.807) is 24.3 Å². The Morgan fingerprint density at radius 3 is 2.43 bits per heavy atom. The van der Waals surface area contributed by atoms with Gasteiger partial charge in [0.25, 0.3) is 11.8 Å². The number of nitrogens with one attached hydrogen (secondary N) is 2. The van der Waals surface area contributed by atoms with Crippen LogP contribution >= 0.6 is 0 Å². The molecular weight excluding hydrogens is 448 g/mol. The molecule has 2 N–H and O–H groups in total. The van der Waals surface area contributed by atoms with E-state index in [2.05, 4.69) is 17.6 Å². The molecule has 0 atom stereocenters. The van der Waals surface area contributed by atoms with E-state index in [0.29, 0.717) is 22.8 Å². The number of aryl methyl sites for hydroxylation is 1. The van der Waals surface area contributed by atoms with E-state index in [1.165, 1.54) is 38.2 Å². The highest BCUT2D eigenvalue weighted by atomic mass is 16.5. The average Bonchev–Trinajstić information content (AvgIpc) is 3.40. The molecule has 0 bridgehead atoms. The zero-order valence-corrected chi connectivity index (χ0v) is 20.1. The summed E-state index contributed by atoms with van der Waals surface area (Å²) >= 11 is 0. The lowest BCUT2D eigenvalue weighted by molar-refractivity contribution is -0.117. The lowest BCUT2D eigenvalue weighted by atomic mass is 10.1. The minimum atomic E-state index is -0.484. The van der Waals surface area contributed by atoms with Crippen LogP contribution in [-0.4, -0.2) is 39.2 Å². The first kappa shape index (κ1) is 25.4. The van der Waals surface area contributed by atoms with Gasteiger partial charge in [-0.1, -0.05) is 25.5 Å². The van der Waals surface area contributed by atoms with E-state index < -0.39 is 11.8 Å². The number of rotatable bonds is 12. The number of carbonyl (C=O) groups excluding carboxylic acids is 2. The van der Waals surface area contributed by atoms with Crippen LogP contribution in [0.25, 0.3) is 6.08 Å². The van der Waals surface area contributed by atoms with Crippen LogP contribution in [0, 0.1) is 0 Å². The fourth-order valence-electron chi connectivity index (χ4n) is 3.32. The van der Waals surface area contributed by atoms with Crippen LogP contribution in [-0.2, 0) is 11.2 Å². The molecule has 8 heteroatoms. The molecule has 0 aliphatic heterocycles. The van der Waals surface area contributed by atoms with Crippen molar-refractivity contribution in [2.45, 2.75) is 19.8 Å². The van der Waals surface area contributed by atoms with Gasteiger partial charge in [-0.25, -0.2) is 0 Å². The molecule has 1 aromatic heterocycles. The number of amides is 2. The molecule has 3 aromatic rings. The molecular formula is C27H30N2O6. The lowest BCUT2D eigenvalue weighted by Gasteiger charge is -2.13. The summed E-state index contributed by atoms with van der Waals surface area (Å²) in [5.74, 6) is 1.09. The van der Waals surface area contributed by atoms with Gasteiger partial charge < -0.3 is 29.3 Å². The van der Waals surface area contributed by atoms with Crippen LogP contribution in [0.1, 0.15) is 35.0 Å². The second kappa shape index (κ2) is 12.9. The van der Waals surface area contributed by atoms with Gasteiger partial charge in [-0.2, -0.15) is 0 Å². The van der Waals surface area contributed by atoms with Gasteiger partial charge in [0.1, 0.15) is 23.8 Å². The number of hydrogen-bond donors (Lipinski definition) is 2. The smallest absolute Gasteiger partial charge is 0.268 e. The highest BCUT2D eigenvalue weighted by molar-refractivity contribution is 6.05. The summed E-state index contributed by atoms with van der Waals surface area (Å²) in [5.41, 5.74) is 1.59. The highest BCUT2D eigenvalue weighted by Gasteiger charge is 2.17. The zero-order chi connectivity index (χ0) is 25.0. The van der Waals surface area contributed by atoms with Gasteiger partial charge >= 0.3 is 0 Å². The number of hydrogen-bond acceptors (Lipinski definition) is 6. The minimum absolute atomic E-state index is 0.0312. The van der Waals surface area contributed by atoms with Crippen molar-refractivity contribution in [2.75, 3.05) is 27.4 Å². The Kier molecular flexibility index (Phi) is 9.36. The van der Waals surface area contributed by atoms with Gasteiger partial charge in [-0.3, -0.25) is 9.59 Å². The molecule has 0 aliphatic rings. The van der Waals surface area contributed by atoms with Crippen LogP contribution in [0.15, 0.2) is 71.0 Å². The zero-order valence-electron chi connectivity index (χ0n) is 20.1. The Hall–Kier alpha value is -4.20.